The largest absolute Gasteiger partial charge is 0.336 e. The van der Waals surface area contributed by atoms with Crippen molar-refractivity contribution in [2.45, 2.75) is 38.8 Å². The topological polar surface area (TPSA) is 61.4 Å². The minimum atomic E-state index is -0.383. The van der Waals surface area contributed by atoms with Crippen LogP contribution in [0.2, 0.25) is 0 Å². The lowest BCUT2D eigenvalue weighted by atomic mass is 10.2. The van der Waals surface area contributed by atoms with Crippen molar-refractivity contribution in [3.05, 3.63) is 30.1 Å². The van der Waals surface area contributed by atoms with E-state index in [0.29, 0.717) is 12.2 Å². The zero-order valence-electron chi connectivity index (χ0n) is 12.2. The first-order chi connectivity index (χ1) is 9.99. The summed E-state index contributed by atoms with van der Waals surface area (Å²) < 4.78 is 13.2. The van der Waals surface area contributed by atoms with Gasteiger partial charge in [0.15, 0.2) is 0 Å². The SMILES string of the molecule is CC[C@H](C)NC(=O)N[C@H]1CC(=O)N(c2cccc(F)c2)C1. The number of amides is 3. The molecule has 0 bridgehead atoms. The molecule has 1 saturated heterocycles. The Morgan fingerprint density at radius 1 is 1.52 bits per heavy atom. The van der Waals surface area contributed by atoms with Crippen LogP contribution in [0.1, 0.15) is 26.7 Å². The number of urea groups is 1. The highest BCUT2D eigenvalue weighted by molar-refractivity contribution is 5.96. The van der Waals surface area contributed by atoms with Gasteiger partial charge in [-0.05, 0) is 31.5 Å². The highest BCUT2D eigenvalue weighted by atomic mass is 19.1. The Morgan fingerprint density at radius 2 is 2.29 bits per heavy atom. The summed E-state index contributed by atoms with van der Waals surface area (Å²) >= 11 is 0. The van der Waals surface area contributed by atoms with Crippen molar-refractivity contribution in [1.29, 1.82) is 0 Å². The molecule has 5 nitrogen and oxygen atoms in total. The highest BCUT2D eigenvalue weighted by Crippen LogP contribution is 2.22. The molecule has 3 amide bonds. The van der Waals surface area contributed by atoms with Gasteiger partial charge in [-0.1, -0.05) is 13.0 Å². The Balaban J connectivity index is 1.95. The first kappa shape index (κ1) is 15.3. The summed E-state index contributed by atoms with van der Waals surface area (Å²) in [4.78, 5) is 25.2. The van der Waals surface area contributed by atoms with E-state index >= 15 is 0 Å². The third-order valence-corrected chi connectivity index (χ3v) is 3.57. The molecule has 0 saturated carbocycles. The average molecular weight is 293 g/mol. The van der Waals surface area contributed by atoms with Gasteiger partial charge in [-0.2, -0.15) is 0 Å². The minimum absolute atomic E-state index is 0.0847. The lowest BCUT2D eigenvalue weighted by molar-refractivity contribution is -0.117. The van der Waals surface area contributed by atoms with E-state index in [0.717, 1.165) is 6.42 Å². The van der Waals surface area contributed by atoms with Crippen molar-refractivity contribution in [3.8, 4) is 0 Å². The number of nitrogens with zero attached hydrogens (tertiary/aromatic N) is 1. The molecule has 1 aromatic rings. The van der Waals surface area contributed by atoms with E-state index in [2.05, 4.69) is 10.6 Å². The van der Waals surface area contributed by atoms with Crippen molar-refractivity contribution in [2.24, 2.45) is 0 Å². The van der Waals surface area contributed by atoms with E-state index in [1.165, 1.54) is 17.0 Å². The van der Waals surface area contributed by atoms with Gasteiger partial charge in [0.25, 0.3) is 0 Å². The van der Waals surface area contributed by atoms with Crippen LogP contribution in [-0.2, 0) is 4.79 Å². The van der Waals surface area contributed by atoms with Crippen LogP contribution in [0.15, 0.2) is 24.3 Å². The van der Waals surface area contributed by atoms with Crippen LogP contribution in [0.3, 0.4) is 0 Å². The van der Waals surface area contributed by atoms with E-state index < -0.39 is 0 Å². The second kappa shape index (κ2) is 6.56. The first-order valence-electron chi connectivity index (χ1n) is 7.12. The van der Waals surface area contributed by atoms with Crippen LogP contribution in [0, 0.1) is 5.82 Å². The summed E-state index contributed by atoms with van der Waals surface area (Å²) in [6, 6.07) is 5.45. The van der Waals surface area contributed by atoms with Crippen LogP contribution in [-0.4, -0.2) is 30.6 Å². The molecule has 114 valence electrons. The van der Waals surface area contributed by atoms with E-state index in [9.17, 15) is 14.0 Å². The number of hydrogen-bond donors (Lipinski definition) is 2. The molecular weight excluding hydrogens is 273 g/mol. The first-order valence-corrected chi connectivity index (χ1v) is 7.12. The third kappa shape index (κ3) is 3.93. The number of hydrogen-bond acceptors (Lipinski definition) is 2. The predicted molar refractivity (Wildman–Crippen MR) is 78.6 cm³/mol. The van der Waals surface area contributed by atoms with Gasteiger partial charge in [-0.25, -0.2) is 9.18 Å². The Hall–Kier alpha value is -2.11. The van der Waals surface area contributed by atoms with Crippen LogP contribution < -0.4 is 15.5 Å². The lowest BCUT2D eigenvalue weighted by Crippen LogP contribution is -2.46. The molecule has 1 aliphatic heterocycles. The molecule has 21 heavy (non-hydrogen) atoms. The van der Waals surface area contributed by atoms with Gasteiger partial charge in [0.2, 0.25) is 5.91 Å². The molecule has 0 aromatic heterocycles. The standard InChI is InChI=1S/C15H20FN3O2/c1-3-10(2)17-15(21)18-12-8-14(20)19(9-12)13-6-4-5-11(16)7-13/h4-7,10,12H,3,8-9H2,1-2H3,(H2,17,18,21)/t10-,12-/m0/s1. The number of nitrogens with one attached hydrogen (secondary N) is 2. The molecule has 0 spiro atoms. The maximum Gasteiger partial charge on any atom is 0.315 e. The molecule has 0 unspecified atom stereocenters. The summed E-state index contributed by atoms with van der Waals surface area (Å²) in [5.41, 5.74) is 0.520. The number of benzene rings is 1. The summed E-state index contributed by atoms with van der Waals surface area (Å²) in [6.45, 7) is 4.25. The summed E-state index contributed by atoms with van der Waals surface area (Å²) in [6.07, 6.45) is 1.07. The second-order valence-corrected chi connectivity index (χ2v) is 5.31. The van der Waals surface area contributed by atoms with Gasteiger partial charge >= 0.3 is 6.03 Å². The monoisotopic (exact) mass is 293 g/mol. The number of carbonyl (C=O) groups excluding carboxylic acids is 2. The lowest BCUT2D eigenvalue weighted by Gasteiger charge is -2.18. The fourth-order valence-corrected chi connectivity index (χ4v) is 2.25. The maximum absolute atomic E-state index is 13.2. The normalized spacial score (nSPS) is 19.5. The van der Waals surface area contributed by atoms with Crippen molar-refractivity contribution in [1.82, 2.24) is 10.6 Å². The van der Waals surface area contributed by atoms with Crippen LogP contribution in [0.5, 0.6) is 0 Å². The quantitative estimate of drug-likeness (QED) is 0.892. The van der Waals surface area contributed by atoms with Gasteiger partial charge in [0.05, 0.1) is 6.04 Å². The summed E-state index contributed by atoms with van der Waals surface area (Å²) in [5, 5.41) is 5.58. The van der Waals surface area contributed by atoms with Gasteiger partial charge in [-0.15, -0.1) is 0 Å². The van der Waals surface area contributed by atoms with Crippen molar-refractivity contribution in [2.75, 3.05) is 11.4 Å². The van der Waals surface area contributed by atoms with Crippen molar-refractivity contribution in [3.63, 3.8) is 0 Å². The fraction of sp³-hybridized carbons (Fsp3) is 0.467. The average Bonchev–Trinajstić information content (AvgIpc) is 2.79. The summed E-state index contributed by atoms with van der Waals surface area (Å²) in [7, 11) is 0. The van der Waals surface area contributed by atoms with Crippen molar-refractivity contribution < 1.29 is 14.0 Å². The zero-order chi connectivity index (χ0) is 15.4. The molecule has 1 aliphatic rings. The second-order valence-electron chi connectivity index (χ2n) is 5.31. The number of rotatable bonds is 4. The highest BCUT2D eigenvalue weighted by Gasteiger charge is 2.31. The molecule has 2 N–H and O–H groups in total. The van der Waals surface area contributed by atoms with E-state index in [1.54, 1.807) is 12.1 Å². The molecule has 2 atom stereocenters. The number of halogens is 1. The summed E-state index contributed by atoms with van der Waals surface area (Å²) in [5.74, 6) is -0.499. The Kier molecular flexibility index (Phi) is 4.77. The van der Waals surface area contributed by atoms with E-state index in [-0.39, 0.29) is 36.3 Å². The molecule has 1 aromatic carbocycles. The fourth-order valence-electron chi connectivity index (χ4n) is 2.25. The molecule has 0 aliphatic carbocycles. The van der Waals surface area contributed by atoms with Gasteiger partial charge in [0.1, 0.15) is 5.82 Å². The number of carbonyl (C=O) groups is 2. The van der Waals surface area contributed by atoms with Crippen LogP contribution in [0.4, 0.5) is 14.9 Å². The van der Waals surface area contributed by atoms with Crippen molar-refractivity contribution >= 4 is 17.6 Å². The van der Waals surface area contributed by atoms with Gasteiger partial charge in [0, 0.05) is 24.7 Å². The van der Waals surface area contributed by atoms with Crippen LogP contribution in [0.25, 0.3) is 0 Å². The Labute approximate surface area is 123 Å². The Bertz CT molecular complexity index is 535. The third-order valence-electron chi connectivity index (χ3n) is 3.57. The van der Waals surface area contributed by atoms with Gasteiger partial charge in [-0.3, -0.25) is 4.79 Å². The van der Waals surface area contributed by atoms with E-state index in [1.807, 2.05) is 13.8 Å². The van der Waals surface area contributed by atoms with E-state index in [4.69, 9.17) is 0 Å². The van der Waals surface area contributed by atoms with Crippen LogP contribution >= 0.6 is 0 Å². The number of anilines is 1. The minimum Gasteiger partial charge on any atom is -0.336 e. The van der Waals surface area contributed by atoms with Gasteiger partial charge < -0.3 is 15.5 Å². The smallest absolute Gasteiger partial charge is 0.315 e. The molecule has 1 fully saturated rings. The molecule has 1 heterocycles. The zero-order valence-corrected chi connectivity index (χ0v) is 12.2. The molecule has 2 rings (SSSR count). The molecule has 6 heteroatoms. The predicted octanol–water partition coefficient (Wildman–Crippen LogP) is 2.03. The molecular formula is C15H20FN3O2. The Morgan fingerprint density at radius 3 is 2.95 bits per heavy atom. The molecule has 0 radical (unpaired) electrons. The maximum atomic E-state index is 13.2.